The highest BCUT2D eigenvalue weighted by Gasteiger charge is 2.30. The minimum Gasteiger partial charge on any atom is -0.479 e. The third-order valence-electron chi connectivity index (χ3n) is 2.09. The molecule has 0 aliphatic carbocycles. The van der Waals surface area contributed by atoms with Gasteiger partial charge in [-0.15, -0.1) is 0 Å². The predicted octanol–water partition coefficient (Wildman–Crippen LogP) is 3.04. The Labute approximate surface area is 103 Å². The Morgan fingerprint density at radius 2 is 2.06 bits per heavy atom. The molecule has 0 saturated heterocycles. The monoisotopic (exact) mass is 262 g/mol. The number of benzene rings is 1. The van der Waals surface area contributed by atoms with Gasteiger partial charge in [0.25, 0.3) is 0 Å². The summed E-state index contributed by atoms with van der Waals surface area (Å²) in [5.74, 6) is -0.639. The highest BCUT2D eigenvalue weighted by molar-refractivity contribution is 5.74. The van der Waals surface area contributed by atoms with E-state index in [1.54, 1.807) is 6.92 Å². The molecule has 0 fully saturated rings. The van der Waals surface area contributed by atoms with Crippen LogP contribution in [0.15, 0.2) is 24.3 Å². The maximum atomic E-state index is 12.4. The number of halogens is 3. The summed E-state index contributed by atoms with van der Waals surface area (Å²) in [7, 11) is 0. The molecule has 0 aliphatic rings. The summed E-state index contributed by atoms with van der Waals surface area (Å²) in [6.45, 7) is 3.24. The minimum absolute atomic E-state index is 0.0228. The molecule has 1 aromatic rings. The van der Waals surface area contributed by atoms with Gasteiger partial charge in [-0.2, -0.15) is 13.2 Å². The molecule has 0 radical (unpaired) electrons. The van der Waals surface area contributed by atoms with Crippen molar-refractivity contribution in [2.24, 2.45) is 0 Å². The number of hydrogen-bond donors (Lipinski definition) is 0. The zero-order valence-electron chi connectivity index (χ0n) is 9.95. The summed E-state index contributed by atoms with van der Waals surface area (Å²) < 4.78 is 47.1. The number of hydrogen-bond acceptors (Lipinski definition) is 3. The summed E-state index contributed by atoms with van der Waals surface area (Å²) in [5.41, 5.74) is -0.823. The van der Waals surface area contributed by atoms with Crippen LogP contribution < -0.4 is 4.74 Å². The molecule has 6 heteroatoms. The Morgan fingerprint density at radius 1 is 1.39 bits per heavy atom. The summed E-state index contributed by atoms with van der Waals surface area (Å²) in [6.07, 6.45) is -5.39. The maximum absolute atomic E-state index is 12.4. The van der Waals surface area contributed by atoms with Crippen LogP contribution >= 0.6 is 0 Å². The molecule has 3 nitrogen and oxygen atoms in total. The van der Waals surface area contributed by atoms with Crippen molar-refractivity contribution in [2.75, 3.05) is 6.61 Å². The average Bonchev–Trinajstić information content (AvgIpc) is 2.28. The normalized spacial score (nSPS) is 12.9. The van der Waals surface area contributed by atoms with E-state index < -0.39 is 23.8 Å². The molecule has 18 heavy (non-hydrogen) atoms. The van der Waals surface area contributed by atoms with Crippen molar-refractivity contribution in [2.45, 2.75) is 26.1 Å². The van der Waals surface area contributed by atoms with Crippen molar-refractivity contribution >= 4 is 5.97 Å². The lowest BCUT2D eigenvalue weighted by molar-refractivity contribution is -0.150. The molecular weight excluding hydrogens is 249 g/mol. The second-order valence-corrected chi connectivity index (χ2v) is 3.54. The quantitative estimate of drug-likeness (QED) is 0.782. The first-order valence-corrected chi connectivity index (χ1v) is 5.35. The molecule has 0 N–H and O–H groups in total. The van der Waals surface area contributed by atoms with Crippen molar-refractivity contribution in [1.29, 1.82) is 0 Å². The standard InChI is InChI=1S/C12H13F3O3/c1-3-17-11(16)8(2)18-10-6-4-5-9(7-10)12(13,14)15/h4-8H,3H2,1-2H3/t8-/m1/s1. The van der Waals surface area contributed by atoms with Crippen LogP contribution in [0.25, 0.3) is 0 Å². The van der Waals surface area contributed by atoms with Crippen LogP contribution in [0.1, 0.15) is 19.4 Å². The van der Waals surface area contributed by atoms with Gasteiger partial charge in [-0.05, 0) is 32.0 Å². The zero-order chi connectivity index (χ0) is 13.8. The number of esters is 1. The van der Waals surface area contributed by atoms with Crippen LogP contribution in [0.3, 0.4) is 0 Å². The fraction of sp³-hybridized carbons (Fsp3) is 0.417. The molecule has 0 aromatic heterocycles. The lowest BCUT2D eigenvalue weighted by atomic mass is 10.2. The average molecular weight is 262 g/mol. The molecule has 1 atom stereocenters. The first-order valence-electron chi connectivity index (χ1n) is 5.35. The Morgan fingerprint density at radius 3 is 2.61 bits per heavy atom. The third-order valence-corrected chi connectivity index (χ3v) is 2.09. The number of carbonyl (C=O) groups excluding carboxylic acids is 1. The highest BCUT2D eigenvalue weighted by atomic mass is 19.4. The second kappa shape index (κ2) is 5.75. The topological polar surface area (TPSA) is 35.5 Å². The molecule has 0 heterocycles. The molecule has 100 valence electrons. The summed E-state index contributed by atoms with van der Waals surface area (Å²) in [5, 5.41) is 0. The van der Waals surface area contributed by atoms with Crippen molar-refractivity contribution in [3.8, 4) is 5.75 Å². The Balaban J connectivity index is 2.76. The molecule has 0 aliphatic heterocycles. The number of alkyl halides is 3. The molecule has 0 spiro atoms. The number of rotatable bonds is 4. The van der Waals surface area contributed by atoms with E-state index in [0.29, 0.717) is 0 Å². The van der Waals surface area contributed by atoms with E-state index in [9.17, 15) is 18.0 Å². The van der Waals surface area contributed by atoms with Gasteiger partial charge in [0, 0.05) is 0 Å². The van der Waals surface area contributed by atoms with E-state index in [2.05, 4.69) is 4.74 Å². The Hall–Kier alpha value is -1.72. The van der Waals surface area contributed by atoms with E-state index in [1.165, 1.54) is 19.1 Å². The van der Waals surface area contributed by atoms with Gasteiger partial charge in [-0.25, -0.2) is 4.79 Å². The van der Waals surface area contributed by atoms with Crippen LogP contribution in [-0.4, -0.2) is 18.7 Å². The van der Waals surface area contributed by atoms with Gasteiger partial charge in [-0.3, -0.25) is 0 Å². The molecule has 0 saturated carbocycles. The van der Waals surface area contributed by atoms with E-state index in [1.807, 2.05) is 0 Å². The zero-order valence-corrected chi connectivity index (χ0v) is 9.95. The van der Waals surface area contributed by atoms with E-state index >= 15 is 0 Å². The van der Waals surface area contributed by atoms with Crippen molar-refractivity contribution in [1.82, 2.24) is 0 Å². The van der Waals surface area contributed by atoms with Crippen LogP contribution in [0.4, 0.5) is 13.2 Å². The largest absolute Gasteiger partial charge is 0.479 e. The molecular formula is C12H13F3O3. The lowest BCUT2D eigenvalue weighted by Crippen LogP contribution is -2.26. The minimum atomic E-state index is -4.44. The maximum Gasteiger partial charge on any atom is 0.416 e. The van der Waals surface area contributed by atoms with Gasteiger partial charge >= 0.3 is 12.1 Å². The molecule has 0 bridgehead atoms. The smallest absolute Gasteiger partial charge is 0.416 e. The summed E-state index contributed by atoms with van der Waals surface area (Å²) in [6, 6.07) is 4.35. The van der Waals surface area contributed by atoms with Crippen molar-refractivity contribution in [3.63, 3.8) is 0 Å². The van der Waals surface area contributed by atoms with E-state index in [0.717, 1.165) is 12.1 Å². The van der Waals surface area contributed by atoms with Gasteiger partial charge in [0.2, 0.25) is 0 Å². The lowest BCUT2D eigenvalue weighted by Gasteiger charge is -2.14. The Bertz CT molecular complexity index is 415. The third kappa shape index (κ3) is 3.94. The van der Waals surface area contributed by atoms with Crippen LogP contribution in [0.5, 0.6) is 5.75 Å². The van der Waals surface area contributed by atoms with Gasteiger partial charge < -0.3 is 9.47 Å². The summed E-state index contributed by atoms with van der Waals surface area (Å²) >= 11 is 0. The van der Waals surface area contributed by atoms with E-state index in [4.69, 9.17) is 4.74 Å². The highest BCUT2D eigenvalue weighted by Crippen LogP contribution is 2.31. The van der Waals surface area contributed by atoms with Gasteiger partial charge in [0.1, 0.15) is 5.75 Å². The van der Waals surface area contributed by atoms with Crippen LogP contribution in [-0.2, 0) is 15.7 Å². The van der Waals surface area contributed by atoms with Crippen molar-refractivity contribution < 1.29 is 27.4 Å². The molecule has 1 rings (SSSR count). The summed E-state index contributed by atoms with van der Waals surface area (Å²) in [4.78, 5) is 11.3. The first kappa shape index (κ1) is 14.3. The van der Waals surface area contributed by atoms with Crippen molar-refractivity contribution in [3.05, 3.63) is 29.8 Å². The van der Waals surface area contributed by atoms with Crippen LogP contribution in [0.2, 0.25) is 0 Å². The molecule has 0 amide bonds. The molecule has 1 aromatic carbocycles. The number of ether oxygens (including phenoxy) is 2. The first-order chi connectivity index (χ1) is 8.34. The fourth-order valence-corrected chi connectivity index (χ4v) is 1.26. The Kier molecular flexibility index (Phi) is 4.58. The van der Waals surface area contributed by atoms with Gasteiger partial charge in [0.05, 0.1) is 12.2 Å². The molecule has 0 unspecified atom stereocenters. The van der Waals surface area contributed by atoms with Gasteiger partial charge in [-0.1, -0.05) is 6.07 Å². The van der Waals surface area contributed by atoms with E-state index in [-0.39, 0.29) is 12.4 Å². The predicted molar refractivity (Wildman–Crippen MR) is 58.2 cm³/mol. The van der Waals surface area contributed by atoms with Crippen LogP contribution in [0, 0.1) is 0 Å². The SMILES string of the molecule is CCOC(=O)[C@@H](C)Oc1cccc(C(F)(F)F)c1. The second-order valence-electron chi connectivity index (χ2n) is 3.54. The fourth-order valence-electron chi connectivity index (χ4n) is 1.26. The van der Waals surface area contributed by atoms with Gasteiger partial charge in [0.15, 0.2) is 6.10 Å². The number of carbonyl (C=O) groups is 1.